The van der Waals surface area contributed by atoms with Crippen molar-refractivity contribution in [1.82, 2.24) is 9.80 Å². The van der Waals surface area contributed by atoms with Crippen LogP contribution in [-0.4, -0.2) is 53.6 Å². The van der Waals surface area contributed by atoms with E-state index in [2.05, 4.69) is 25.7 Å². The van der Waals surface area contributed by atoms with Gasteiger partial charge in [0.05, 0.1) is 0 Å². The van der Waals surface area contributed by atoms with Crippen LogP contribution in [0.3, 0.4) is 0 Å². The monoisotopic (exact) mass is 294 g/mol. The smallest absolute Gasteiger partial charge is 0.335 e. The van der Waals surface area contributed by atoms with Crippen molar-refractivity contribution in [2.24, 2.45) is 0 Å². The van der Waals surface area contributed by atoms with Gasteiger partial charge in [-0.05, 0) is 32.6 Å². The molecule has 1 rings (SSSR count). The van der Waals surface area contributed by atoms with Crippen molar-refractivity contribution in [3.05, 3.63) is 0 Å². The normalized spacial score (nSPS) is 19.1. The van der Waals surface area contributed by atoms with Crippen molar-refractivity contribution >= 4 is 5.91 Å². The molecule has 1 heterocycles. The Bertz CT molecular complexity index is 332. The van der Waals surface area contributed by atoms with Crippen molar-refractivity contribution in [2.75, 3.05) is 20.1 Å². The molecule has 0 saturated carbocycles. The second-order valence-corrected chi connectivity index (χ2v) is 5.84. The average molecular weight is 294 g/mol. The lowest BCUT2D eigenvalue weighted by Crippen LogP contribution is -2.54. The van der Waals surface area contributed by atoms with Gasteiger partial charge in [-0.3, -0.25) is 9.69 Å². The zero-order chi connectivity index (χ0) is 15.6. The van der Waals surface area contributed by atoms with E-state index in [4.69, 9.17) is 0 Å². The number of carbonyl (C=O) groups is 1. The number of hydrogen-bond donors (Lipinski definition) is 0. The van der Waals surface area contributed by atoms with Gasteiger partial charge in [-0.2, -0.15) is 13.2 Å². The molecule has 1 aliphatic rings. The molecule has 0 aromatic carbocycles. The Hall–Kier alpha value is -0.780. The summed E-state index contributed by atoms with van der Waals surface area (Å²) >= 11 is 0. The van der Waals surface area contributed by atoms with Gasteiger partial charge in [0.2, 0.25) is 0 Å². The summed E-state index contributed by atoms with van der Waals surface area (Å²) in [5.74, 6) is -1.73. The highest BCUT2D eigenvalue weighted by Crippen LogP contribution is 2.29. The van der Waals surface area contributed by atoms with E-state index in [0.717, 1.165) is 30.8 Å². The third-order valence-electron chi connectivity index (χ3n) is 4.86. The van der Waals surface area contributed by atoms with Gasteiger partial charge in [-0.1, -0.05) is 13.8 Å². The van der Waals surface area contributed by atoms with E-state index < -0.39 is 12.1 Å². The number of rotatable bonds is 4. The van der Waals surface area contributed by atoms with E-state index in [1.807, 2.05) is 0 Å². The highest BCUT2D eigenvalue weighted by molar-refractivity contribution is 5.81. The maximum absolute atomic E-state index is 12.4. The Kier molecular flexibility index (Phi) is 5.46. The highest BCUT2D eigenvalue weighted by Gasteiger charge is 2.44. The Balaban J connectivity index is 2.61. The fraction of sp³-hybridized carbons (Fsp3) is 0.929. The molecule has 0 radical (unpaired) electrons. The lowest BCUT2D eigenvalue weighted by Gasteiger charge is -2.46. The standard InChI is InChI=1S/C14H25F3N2O/c1-5-13(3,6-2)19-9-7-11(8-10-19)18(4)12(20)14(15,16)17/h11H,5-10H2,1-4H3. The van der Waals surface area contributed by atoms with Gasteiger partial charge >= 0.3 is 12.1 Å². The molecule has 20 heavy (non-hydrogen) atoms. The van der Waals surface area contributed by atoms with Crippen LogP contribution in [0.1, 0.15) is 46.5 Å². The van der Waals surface area contributed by atoms with Crippen LogP contribution in [0, 0.1) is 0 Å². The first-order chi connectivity index (χ1) is 9.15. The third kappa shape index (κ3) is 3.65. The van der Waals surface area contributed by atoms with Crippen molar-refractivity contribution < 1.29 is 18.0 Å². The Morgan fingerprint density at radius 1 is 1.20 bits per heavy atom. The van der Waals surface area contributed by atoms with E-state index in [1.54, 1.807) is 0 Å². The highest BCUT2D eigenvalue weighted by atomic mass is 19.4. The van der Waals surface area contributed by atoms with Gasteiger partial charge < -0.3 is 4.90 Å². The Morgan fingerprint density at radius 3 is 2.00 bits per heavy atom. The molecule has 1 saturated heterocycles. The van der Waals surface area contributed by atoms with Gasteiger partial charge in [-0.25, -0.2) is 0 Å². The molecule has 0 bridgehead atoms. The quantitative estimate of drug-likeness (QED) is 0.795. The second kappa shape index (κ2) is 6.33. The van der Waals surface area contributed by atoms with E-state index in [0.29, 0.717) is 12.8 Å². The van der Waals surface area contributed by atoms with Crippen molar-refractivity contribution in [3.63, 3.8) is 0 Å². The van der Waals surface area contributed by atoms with Gasteiger partial charge in [-0.15, -0.1) is 0 Å². The molecule has 3 nitrogen and oxygen atoms in total. The largest absolute Gasteiger partial charge is 0.471 e. The van der Waals surface area contributed by atoms with Crippen LogP contribution in [0.15, 0.2) is 0 Å². The summed E-state index contributed by atoms with van der Waals surface area (Å²) in [4.78, 5) is 14.5. The zero-order valence-corrected chi connectivity index (χ0v) is 12.8. The summed E-state index contributed by atoms with van der Waals surface area (Å²) in [5, 5.41) is 0. The van der Waals surface area contributed by atoms with Crippen LogP contribution in [0.2, 0.25) is 0 Å². The molecule has 0 aliphatic carbocycles. The maximum atomic E-state index is 12.4. The number of halogens is 3. The summed E-state index contributed by atoms with van der Waals surface area (Å²) in [6, 6.07) is -0.307. The first-order valence-electron chi connectivity index (χ1n) is 7.24. The number of piperidine rings is 1. The molecular formula is C14H25F3N2O. The lowest BCUT2D eigenvalue weighted by atomic mass is 9.89. The van der Waals surface area contributed by atoms with Crippen LogP contribution < -0.4 is 0 Å². The second-order valence-electron chi connectivity index (χ2n) is 5.84. The lowest BCUT2D eigenvalue weighted by molar-refractivity contribution is -0.187. The molecule has 118 valence electrons. The predicted octanol–water partition coefficient (Wildman–Crippen LogP) is 3.05. The van der Waals surface area contributed by atoms with E-state index in [-0.39, 0.29) is 11.6 Å². The minimum absolute atomic E-state index is 0.109. The molecule has 6 heteroatoms. The third-order valence-corrected chi connectivity index (χ3v) is 4.86. The fourth-order valence-corrected chi connectivity index (χ4v) is 2.86. The first-order valence-corrected chi connectivity index (χ1v) is 7.24. The fourth-order valence-electron chi connectivity index (χ4n) is 2.86. The van der Waals surface area contributed by atoms with Gasteiger partial charge in [0.1, 0.15) is 0 Å². The molecule has 0 unspecified atom stereocenters. The van der Waals surface area contributed by atoms with E-state index in [9.17, 15) is 18.0 Å². The predicted molar refractivity (Wildman–Crippen MR) is 72.4 cm³/mol. The van der Waals surface area contributed by atoms with Gasteiger partial charge in [0.25, 0.3) is 0 Å². The SMILES string of the molecule is CCC(C)(CC)N1CCC(N(C)C(=O)C(F)(F)F)CC1. The molecule has 1 aliphatic heterocycles. The van der Waals surface area contributed by atoms with Crippen LogP contribution >= 0.6 is 0 Å². The zero-order valence-electron chi connectivity index (χ0n) is 12.8. The van der Waals surface area contributed by atoms with Gasteiger partial charge in [0.15, 0.2) is 0 Å². The Labute approximate surface area is 119 Å². The van der Waals surface area contributed by atoms with Crippen LogP contribution in [0.5, 0.6) is 0 Å². The number of nitrogens with zero attached hydrogens (tertiary/aromatic N) is 2. The van der Waals surface area contributed by atoms with Crippen molar-refractivity contribution in [2.45, 2.75) is 64.2 Å². The number of likely N-dealkylation sites (tertiary alicyclic amines) is 1. The number of carbonyl (C=O) groups excluding carboxylic acids is 1. The maximum Gasteiger partial charge on any atom is 0.471 e. The summed E-state index contributed by atoms with van der Waals surface area (Å²) in [6.07, 6.45) is -1.52. The average Bonchev–Trinajstić information content (AvgIpc) is 2.44. The molecule has 1 fully saturated rings. The minimum Gasteiger partial charge on any atom is -0.335 e. The number of amides is 1. The van der Waals surface area contributed by atoms with Crippen LogP contribution in [0.25, 0.3) is 0 Å². The molecule has 0 N–H and O–H groups in total. The molecule has 0 aromatic rings. The van der Waals surface area contributed by atoms with Crippen molar-refractivity contribution in [1.29, 1.82) is 0 Å². The van der Waals surface area contributed by atoms with Crippen LogP contribution in [-0.2, 0) is 4.79 Å². The topological polar surface area (TPSA) is 23.6 Å². The van der Waals surface area contributed by atoms with Crippen molar-refractivity contribution in [3.8, 4) is 0 Å². The van der Waals surface area contributed by atoms with Crippen LogP contribution in [0.4, 0.5) is 13.2 Å². The molecule has 1 amide bonds. The number of hydrogen-bond acceptors (Lipinski definition) is 2. The van der Waals surface area contributed by atoms with E-state index >= 15 is 0 Å². The minimum atomic E-state index is -4.77. The first kappa shape index (κ1) is 17.3. The van der Waals surface area contributed by atoms with E-state index in [1.165, 1.54) is 7.05 Å². The number of alkyl halides is 3. The van der Waals surface area contributed by atoms with Gasteiger partial charge in [0, 0.05) is 31.7 Å². The molecule has 0 spiro atoms. The molecular weight excluding hydrogens is 269 g/mol. The summed E-state index contributed by atoms with van der Waals surface area (Å²) in [7, 11) is 1.26. The summed E-state index contributed by atoms with van der Waals surface area (Å²) < 4.78 is 37.3. The summed E-state index contributed by atoms with van der Waals surface area (Å²) in [6.45, 7) is 7.96. The molecule has 0 aromatic heterocycles. The molecule has 0 atom stereocenters. The Morgan fingerprint density at radius 2 is 1.65 bits per heavy atom. The summed E-state index contributed by atoms with van der Waals surface area (Å²) in [5.41, 5.74) is 0.109.